The van der Waals surface area contributed by atoms with Crippen LogP contribution in [0.3, 0.4) is 0 Å². The SMILES string of the molecule is CCC1SC(=S)N(CCCCCC(=O)N2CCOCC2)C1=O. The summed E-state index contributed by atoms with van der Waals surface area (Å²) in [7, 11) is 0. The minimum absolute atomic E-state index is 0.00963. The summed E-state index contributed by atoms with van der Waals surface area (Å²) in [5.74, 6) is 0.375. The molecule has 7 heteroatoms. The third-order valence-electron chi connectivity index (χ3n) is 4.01. The number of hydrogen-bond acceptors (Lipinski definition) is 5. The summed E-state index contributed by atoms with van der Waals surface area (Å²) in [4.78, 5) is 27.7. The van der Waals surface area contributed by atoms with Crippen molar-refractivity contribution in [3.8, 4) is 0 Å². The Labute approximate surface area is 141 Å². The van der Waals surface area contributed by atoms with E-state index in [1.807, 2.05) is 11.8 Å². The first kappa shape index (κ1) is 17.7. The second-order valence-corrected chi connectivity index (χ2v) is 7.41. The molecule has 5 nitrogen and oxygen atoms in total. The monoisotopic (exact) mass is 344 g/mol. The Bertz CT molecular complexity index is 425. The zero-order valence-electron chi connectivity index (χ0n) is 13.1. The molecule has 0 N–H and O–H groups in total. The molecule has 22 heavy (non-hydrogen) atoms. The number of carbonyl (C=O) groups is 2. The number of amides is 2. The molecule has 0 saturated carbocycles. The Morgan fingerprint density at radius 1 is 1.32 bits per heavy atom. The van der Waals surface area contributed by atoms with Crippen molar-refractivity contribution in [3.05, 3.63) is 0 Å². The number of carbonyl (C=O) groups excluding carboxylic acids is 2. The molecule has 1 atom stereocenters. The van der Waals surface area contributed by atoms with E-state index in [4.69, 9.17) is 17.0 Å². The quantitative estimate of drug-likeness (QED) is 0.522. The van der Waals surface area contributed by atoms with E-state index in [0.29, 0.717) is 43.6 Å². The molecule has 124 valence electrons. The third kappa shape index (κ3) is 4.67. The number of hydrogen-bond donors (Lipinski definition) is 0. The van der Waals surface area contributed by atoms with Gasteiger partial charge in [0.05, 0.1) is 18.5 Å². The molecule has 2 aliphatic rings. The molecule has 2 aliphatic heterocycles. The summed E-state index contributed by atoms with van der Waals surface area (Å²) in [5.41, 5.74) is 0. The first-order valence-corrected chi connectivity index (χ1v) is 9.29. The van der Waals surface area contributed by atoms with E-state index in [0.717, 1.165) is 25.7 Å². The zero-order chi connectivity index (χ0) is 15.9. The number of nitrogens with zero attached hydrogens (tertiary/aromatic N) is 2. The van der Waals surface area contributed by atoms with Crippen molar-refractivity contribution in [2.24, 2.45) is 0 Å². The van der Waals surface area contributed by atoms with Gasteiger partial charge >= 0.3 is 0 Å². The maximum absolute atomic E-state index is 12.1. The maximum Gasteiger partial charge on any atom is 0.241 e. The molecule has 0 spiro atoms. The fourth-order valence-electron chi connectivity index (χ4n) is 2.65. The molecule has 0 aliphatic carbocycles. The first-order valence-electron chi connectivity index (χ1n) is 8.01. The van der Waals surface area contributed by atoms with E-state index in [1.54, 1.807) is 4.90 Å². The summed E-state index contributed by atoms with van der Waals surface area (Å²) in [6, 6.07) is 0. The van der Waals surface area contributed by atoms with Crippen LogP contribution in [0.4, 0.5) is 0 Å². The van der Waals surface area contributed by atoms with Gasteiger partial charge in [-0.25, -0.2) is 0 Å². The van der Waals surface area contributed by atoms with Crippen LogP contribution in [0.2, 0.25) is 0 Å². The molecule has 2 amide bonds. The summed E-state index contributed by atoms with van der Waals surface area (Å²) in [6.45, 7) is 5.43. The second-order valence-electron chi connectivity index (χ2n) is 5.57. The van der Waals surface area contributed by atoms with Gasteiger partial charge in [-0.15, -0.1) is 0 Å². The van der Waals surface area contributed by atoms with Gasteiger partial charge in [0.25, 0.3) is 0 Å². The Hall–Kier alpha value is -0.660. The van der Waals surface area contributed by atoms with Gasteiger partial charge in [0, 0.05) is 26.1 Å². The highest BCUT2D eigenvalue weighted by atomic mass is 32.2. The molecule has 0 bridgehead atoms. The molecule has 2 rings (SSSR count). The van der Waals surface area contributed by atoms with Crippen molar-refractivity contribution < 1.29 is 14.3 Å². The molecule has 2 saturated heterocycles. The Morgan fingerprint density at radius 2 is 2.05 bits per heavy atom. The van der Waals surface area contributed by atoms with Gasteiger partial charge in [0.1, 0.15) is 4.32 Å². The van der Waals surface area contributed by atoms with Gasteiger partial charge in [0.15, 0.2) is 0 Å². The molecule has 0 radical (unpaired) electrons. The summed E-state index contributed by atoms with van der Waals surface area (Å²) >= 11 is 6.77. The van der Waals surface area contributed by atoms with E-state index in [9.17, 15) is 9.59 Å². The Kier molecular flexibility index (Phi) is 7.11. The van der Waals surface area contributed by atoms with Crippen LogP contribution in [-0.4, -0.2) is 64.0 Å². The van der Waals surface area contributed by atoms with Crippen molar-refractivity contribution in [2.75, 3.05) is 32.8 Å². The molecular formula is C15H24N2O3S2. The highest BCUT2D eigenvalue weighted by Gasteiger charge is 2.34. The van der Waals surface area contributed by atoms with Gasteiger partial charge in [-0.3, -0.25) is 14.5 Å². The lowest BCUT2D eigenvalue weighted by Crippen LogP contribution is -2.40. The predicted octanol–water partition coefficient (Wildman–Crippen LogP) is 2.04. The lowest BCUT2D eigenvalue weighted by molar-refractivity contribution is -0.135. The molecule has 0 aromatic rings. The lowest BCUT2D eigenvalue weighted by Gasteiger charge is -2.26. The fraction of sp³-hybridized carbons (Fsp3) is 0.800. The highest BCUT2D eigenvalue weighted by Crippen LogP contribution is 2.29. The Morgan fingerprint density at radius 3 is 2.68 bits per heavy atom. The standard InChI is InChI=1S/C15H24N2O3S2/c1-2-12-14(19)17(15(21)22-12)7-5-3-4-6-13(18)16-8-10-20-11-9-16/h12H,2-11H2,1H3. The van der Waals surface area contributed by atoms with Crippen LogP contribution in [0, 0.1) is 0 Å². The van der Waals surface area contributed by atoms with Crippen molar-refractivity contribution in [3.63, 3.8) is 0 Å². The number of thiocarbonyl (C=S) groups is 1. The van der Waals surface area contributed by atoms with E-state index in [-0.39, 0.29) is 17.1 Å². The van der Waals surface area contributed by atoms with Crippen molar-refractivity contribution in [1.82, 2.24) is 9.80 Å². The van der Waals surface area contributed by atoms with Crippen LogP contribution < -0.4 is 0 Å². The normalized spacial score (nSPS) is 22.5. The molecular weight excluding hydrogens is 320 g/mol. The number of unbranched alkanes of at least 4 members (excludes halogenated alkanes) is 2. The summed E-state index contributed by atoms with van der Waals surface area (Å²) in [6.07, 6.45) is 4.14. The average Bonchev–Trinajstić information content (AvgIpc) is 2.82. The van der Waals surface area contributed by atoms with E-state index >= 15 is 0 Å². The number of thioether (sulfide) groups is 1. The minimum Gasteiger partial charge on any atom is -0.378 e. The number of ether oxygens (including phenoxy) is 1. The molecule has 0 aromatic carbocycles. The summed E-state index contributed by atoms with van der Waals surface area (Å²) in [5, 5.41) is 0.00963. The van der Waals surface area contributed by atoms with E-state index < -0.39 is 0 Å². The maximum atomic E-state index is 12.1. The van der Waals surface area contributed by atoms with Crippen molar-refractivity contribution >= 4 is 40.1 Å². The highest BCUT2D eigenvalue weighted by molar-refractivity contribution is 8.24. The molecule has 0 aromatic heterocycles. The van der Waals surface area contributed by atoms with Crippen LogP contribution in [-0.2, 0) is 14.3 Å². The van der Waals surface area contributed by atoms with Crippen LogP contribution in [0.5, 0.6) is 0 Å². The van der Waals surface area contributed by atoms with E-state index in [2.05, 4.69) is 0 Å². The van der Waals surface area contributed by atoms with Crippen LogP contribution >= 0.6 is 24.0 Å². The number of rotatable bonds is 7. The Balaban J connectivity index is 1.60. The minimum atomic E-state index is 0.00963. The van der Waals surface area contributed by atoms with Gasteiger partial charge in [-0.05, 0) is 19.3 Å². The second kappa shape index (κ2) is 8.84. The summed E-state index contributed by atoms with van der Waals surface area (Å²) < 4.78 is 5.95. The molecule has 1 unspecified atom stereocenters. The average molecular weight is 345 g/mol. The van der Waals surface area contributed by atoms with Crippen LogP contribution in [0.15, 0.2) is 0 Å². The predicted molar refractivity (Wildman–Crippen MR) is 91.8 cm³/mol. The van der Waals surface area contributed by atoms with Crippen molar-refractivity contribution in [1.29, 1.82) is 0 Å². The largest absolute Gasteiger partial charge is 0.378 e. The lowest BCUT2D eigenvalue weighted by atomic mass is 10.1. The van der Waals surface area contributed by atoms with Gasteiger partial charge in [0.2, 0.25) is 11.8 Å². The smallest absolute Gasteiger partial charge is 0.241 e. The molecule has 2 heterocycles. The zero-order valence-corrected chi connectivity index (χ0v) is 14.7. The third-order valence-corrected chi connectivity index (χ3v) is 5.76. The van der Waals surface area contributed by atoms with Crippen LogP contribution in [0.1, 0.15) is 39.0 Å². The van der Waals surface area contributed by atoms with Crippen LogP contribution in [0.25, 0.3) is 0 Å². The van der Waals surface area contributed by atoms with Gasteiger partial charge < -0.3 is 9.64 Å². The van der Waals surface area contributed by atoms with Gasteiger partial charge in [-0.2, -0.15) is 0 Å². The topological polar surface area (TPSA) is 49.9 Å². The molecule has 2 fully saturated rings. The number of morpholine rings is 1. The first-order chi connectivity index (χ1) is 10.6. The fourth-order valence-corrected chi connectivity index (χ4v) is 4.13. The van der Waals surface area contributed by atoms with E-state index in [1.165, 1.54) is 11.8 Å². The van der Waals surface area contributed by atoms with Crippen molar-refractivity contribution in [2.45, 2.75) is 44.3 Å². The van der Waals surface area contributed by atoms with Gasteiger partial charge in [-0.1, -0.05) is 37.3 Å².